The smallest absolute Gasteiger partial charge is 0.419 e. The van der Waals surface area contributed by atoms with E-state index in [9.17, 15) is 4.79 Å². The number of ether oxygens (including phenoxy) is 1. The molecule has 0 N–H and O–H groups in total. The Kier molecular flexibility index (Phi) is 4.03. The summed E-state index contributed by atoms with van der Waals surface area (Å²) in [6.07, 6.45) is 5.21. The number of allylic oxidation sites excluding steroid dienone is 1. The average molecular weight is 283 g/mol. The van der Waals surface area contributed by atoms with Crippen molar-refractivity contribution in [1.29, 1.82) is 0 Å². The monoisotopic (exact) mass is 283 g/mol. The summed E-state index contributed by atoms with van der Waals surface area (Å²) in [5.74, 6) is 0. The van der Waals surface area contributed by atoms with Crippen LogP contribution in [0.15, 0.2) is 36.9 Å². The van der Waals surface area contributed by atoms with E-state index in [-0.39, 0.29) is 6.09 Å². The molecule has 0 atom stereocenters. The van der Waals surface area contributed by atoms with Crippen LogP contribution >= 0.6 is 0 Å². The molecule has 0 fully saturated rings. The van der Waals surface area contributed by atoms with Crippen LogP contribution in [0.2, 0.25) is 0 Å². The first kappa shape index (κ1) is 15.1. The maximum absolute atomic E-state index is 12.6. The first-order chi connectivity index (χ1) is 9.89. The lowest BCUT2D eigenvalue weighted by molar-refractivity contribution is 0.0543. The lowest BCUT2D eigenvalue weighted by atomic mass is 10.1. The summed E-state index contributed by atoms with van der Waals surface area (Å²) < 4.78 is 7.14. The summed E-state index contributed by atoms with van der Waals surface area (Å²) in [4.78, 5) is 12.6. The molecule has 0 saturated heterocycles. The first-order valence-electron chi connectivity index (χ1n) is 7.01. The molecular formula is C18H21NO2. The summed E-state index contributed by atoms with van der Waals surface area (Å²) in [5, 5.41) is 0.992. The minimum absolute atomic E-state index is 0.375. The molecule has 0 saturated carbocycles. The topological polar surface area (TPSA) is 31.2 Å². The number of para-hydroxylation sites is 1. The zero-order chi connectivity index (χ0) is 15.6. The Balaban J connectivity index is 2.74. The fourth-order valence-corrected chi connectivity index (χ4v) is 2.33. The molecule has 2 aromatic rings. The second-order valence-electron chi connectivity index (χ2n) is 5.84. The van der Waals surface area contributed by atoms with Crippen molar-refractivity contribution in [3.63, 3.8) is 0 Å². The number of hydrogen-bond acceptors (Lipinski definition) is 2. The van der Waals surface area contributed by atoms with Crippen molar-refractivity contribution in [3.05, 3.63) is 48.2 Å². The number of carbonyl (C=O) groups excluding carboxylic acids is 1. The molecule has 110 valence electrons. The SMILES string of the molecule is C=Cc1c(/C=C\C)n(C(=O)OC(C)(C)C)c2ccccc12. The molecule has 0 aliphatic rings. The summed E-state index contributed by atoms with van der Waals surface area (Å²) in [6.45, 7) is 11.4. The predicted octanol–water partition coefficient (Wildman–Crippen LogP) is 5.10. The number of hydrogen-bond donors (Lipinski definition) is 0. The fourth-order valence-electron chi connectivity index (χ4n) is 2.33. The van der Waals surface area contributed by atoms with Gasteiger partial charge in [-0.2, -0.15) is 0 Å². The second kappa shape index (κ2) is 5.60. The Hall–Kier alpha value is -2.29. The molecule has 21 heavy (non-hydrogen) atoms. The number of rotatable bonds is 2. The number of nitrogens with zero attached hydrogens (tertiary/aromatic N) is 1. The Morgan fingerprint density at radius 2 is 1.95 bits per heavy atom. The van der Waals surface area contributed by atoms with Crippen LogP contribution in [0.3, 0.4) is 0 Å². The number of fused-ring (bicyclic) bond motifs is 1. The van der Waals surface area contributed by atoms with Gasteiger partial charge in [0.1, 0.15) is 5.60 Å². The normalized spacial score (nSPS) is 12.0. The van der Waals surface area contributed by atoms with Crippen molar-refractivity contribution in [1.82, 2.24) is 4.57 Å². The predicted molar refractivity (Wildman–Crippen MR) is 88.4 cm³/mol. The summed E-state index contributed by atoms with van der Waals surface area (Å²) >= 11 is 0. The van der Waals surface area contributed by atoms with Gasteiger partial charge in [-0.3, -0.25) is 0 Å². The van der Waals surface area contributed by atoms with E-state index in [1.54, 1.807) is 10.6 Å². The number of carbonyl (C=O) groups is 1. The van der Waals surface area contributed by atoms with E-state index < -0.39 is 5.60 Å². The van der Waals surface area contributed by atoms with E-state index in [1.165, 1.54) is 0 Å². The Morgan fingerprint density at radius 1 is 1.29 bits per heavy atom. The Labute approximate surface area is 125 Å². The van der Waals surface area contributed by atoms with Gasteiger partial charge in [-0.25, -0.2) is 9.36 Å². The van der Waals surface area contributed by atoms with E-state index >= 15 is 0 Å². The third-order valence-corrected chi connectivity index (χ3v) is 3.06. The highest BCUT2D eigenvalue weighted by Crippen LogP contribution is 2.29. The van der Waals surface area contributed by atoms with Gasteiger partial charge in [0.15, 0.2) is 0 Å². The Morgan fingerprint density at radius 3 is 2.52 bits per heavy atom. The molecule has 3 nitrogen and oxygen atoms in total. The first-order valence-corrected chi connectivity index (χ1v) is 7.01. The lowest BCUT2D eigenvalue weighted by Gasteiger charge is -2.20. The Bertz CT molecular complexity index is 715. The minimum Gasteiger partial charge on any atom is -0.443 e. The summed E-state index contributed by atoms with van der Waals surface area (Å²) in [6, 6.07) is 7.77. The average Bonchev–Trinajstić information content (AvgIpc) is 2.70. The second-order valence-corrected chi connectivity index (χ2v) is 5.84. The molecule has 2 rings (SSSR count). The molecule has 0 radical (unpaired) electrons. The van der Waals surface area contributed by atoms with Gasteiger partial charge in [0.05, 0.1) is 11.2 Å². The van der Waals surface area contributed by atoms with Crippen LogP contribution < -0.4 is 0 Å². The van der Waals surface area contributed by atoms with E-state index in [4.69, 9.17) is 4.74 Å². The zero-order valence-corrected chi connectivity index (χ0v) is 13.0. The van der Waals surface area contributed by atoms with E-state index in [0.717, 1.165) is 22.2 Å². The summed E-state index contributed by atoms with van der Waals surface area (Å²) in [5.41, 5.74) is 2.02. The summed E-state index contributed by atoms with van der Waals surface area (Å²) in [7, 11) is 0. The van der Waals surface area contributed by atoms with Gasteiger partial charge < -0.3 is 4.74 Å². The van der Waals surface area contributed by atoms with Crippen molar-refractivity contribution < 1.29 is 9.53 Å². The van der Waals surface area contributed by atoms with Crippen LogP contribution in [0.1, 0.15) is 39.0 Å². The molecule has 1 heterocycles. The van der Waals surface area contributed by atoms with Crippen LogP contribution in [0, 0.1) is 0 Å². The van der Waals surface area contributed by atoms with Gasteiger partial charge in [-0.15, -0.1) is 0 Å². The molecule has 0 spiro atoms. The van der Waals surface area contributed by atoms with Crippen LogP contribution in [-0.4, -0.2) is 16.3 Å². The molecule has 1 aromatic heterocycles. The van der Waals surface area contributed by atoms with Crippen LogP contribution in [0.5, 0.6) is 0 Å². The minimum atomic E-state index is -0.538. The molecule has 0 amide bonds. The van der Waals surface area contributed by atoms with Gasteiger partial charge in [0.25, 0.3) is 0 Å². The highest BCUT2D eigenvalue weighted by Gasteiger charge is 2.23. The van der Waals surface area contributed by atoms with Crippen molar-refractivity contribution in [3.8, 4) is 0 Å². The molecule has 0 bridgehead atoms. The number of aromatic nitrogens is 1. The third kappa shape index (κ3) is 2.92. The quantitative estimate of drug-likeness (QED) is 0.767. The van der Waals surface area contributed by atoms with Crippen molar-refractivity contribution >= 4 is 29.1 Å². The molecule has 0 aliphatic carbocycles. The molecule has 0 unspecified atom stereocenters. The maximum Gasteiger partial charge on any atom is 0.419 e. The van der Waals surface area contributed by atoms with Crippen LogP contribution in [0.4, 0.5) is 4.79 Å². The third-order valence-electron chi connectivity index (χ3n) is 3.06. The van der Waals surface area contributed by atoms with Gasteiger partial charge in [0.2, 0.25) is 0 Å². The van der Waals surface area contributed by atoms with Gasteiger partial charge >= 0.3 is 6.09 Å². The van der Waals surface area contributed by atoms with Gasteiger partial charge in [-0.05, 0) is 39.8 Å². The zero-order valence-electron chi connectivity index (χ0n) is 13.0. The van der Waals surface area contributed by atoms with Crippen molar-refractivity contribution in [2.45, 2.75) is 33.3 Å². The van der Waals surface area contributed by atoms with Crippen molar-refractivity contribution in [2.24, 2.45) is 0 Å². The highest BCUT2D eigenvalue weighted by molar-refractivity contribution is 5.99. The highest BCUT2D eigenvalue weighted by atomic mass is 16.6. The van der Waals surface area contributed by atoms with E-state index in [2.05, 4.69) is 6.58 Å². The lowest BCUT2D eigenvalue weighted by Crippen LogP contribution is -2.27. The van der Waals surface area contributed by atoms with Crippen LogP contribution in [0.25, 0.3) is 23.1 Å². The van der Waals surface area contributed by atoms with Crippen molar-refractivity contribution in [2.75, 3.05) is 0 Å². The van der Waals surface area contributed by atoms with Gasteiger partial charge in [0, 0.05) is 10.9 Å². The van der Waals surface area contributed by atoms with Crippen LogP contribution in [-0.2, 0) is 4.74 Å². The van der Waals surface area contributed by atoms with E-state index in [0.29, 0.717) is 0 Å². The number of benzene rings is 1. The standard InChI is InChI=1S/C18H21NO2/c1-6-10-15-13(7-2)14-11-8-9-12-16(14)19(15)17(20)21-18(3,4)5/h6-12H,2H2,1,3-5H3/b10-6-. The molecular weight excluding hydrogens is 262 g/mol. The molecule has 1 aromatic carbocycles. The van der Waals surface area contributed by atoms with Gasteiger partial charge in [-0.1, -0.05) is 36.9 Å². The molecule has 0 aliphatic heterocycles. The largest absolute Gasteiger partial charge is 0.443 e. The maximum atomic E-state index is 12.6. The van der Waals surface area contributed by atoms with E-state index in [1.807, 2.05) is 64.1 Å². The fraction of sp³-hybridized carbons (Fsp3) is 0.278. The molecule has 3 heteroatoms.